The largest absolute Gasteiger partial charge is 0.507 e. The molecule has 2 rings (SSSR count). The Morgan fingerprint density at radius 3 is 2.04 bits per heavy atom. The summed E-state index contributed by atoms with van der Waals surface area (Å²) in [7, 11) is -3.48. The zero-order valence-electron chi connectivity index (χ0n) is 13.1. The average molecular weight is 329 g/mol. The van der Waals surface area contributed by atoms with Crippen LogP contribution >= 0.6 is 0 Å². The van der Waals surface area contributed by atoms with Crippen molar-refractivity contribution >= 4 is 27.9 Å². The molecule has 0 spiro atoms. The van der Waals surface area contributed by atoms with Gasteiger partial charge in [0.2, 0.25) is 0 Å². The minimum atomic E-state index is -3.48. The minimum absolute atomic E-state index is 0.320. The zero-order chi connectivity index (χ0) is 17.0. The van der Waals surface area contributed by atoms with E-state index in [0.29, 0.717) is 11.4 Å². The summed E-state index contributed by atoms with van der Waals surface area (Å²) in [4.78, 5) is 0. The zero-order valence-corrected chi connectivity index (χ0v) is 13.9. The van der Waals surface area contributed by atoms with Gasteiger partial charge in [-0.15, -0.1) is 0 Å². The number of phenolic OH excluding ortho intramolecular Hbond substituents is 1. The number of rotatable bonds is 5. The molecule has 0 bridgehead atoms. The van der Waals surface area contributed by atoms with Gasteiger partial charge in [0.1, 0.15) is 5.75 Å². The average Bonchev–Trinajstić information content (AvgIpc) is 2.51. The second kappa shape index (κ2) is 6.71. The van der Waals surface area contributed by atoms with Crippen molar-refractivity contribution in [1.29, 1.82) is 0 Å². The Hall–Kier alpha value is -2.53. The standard InChI is InChI=1S/C18H19NO3S/c1-4-23(21,22)19-17-9-7-15(8-10-17)5-6-16-11-13(2)18(20)14(3)12-16/h4-12,19-20H,1H2,2-3H3. The first-order valence-corrected chi connectivity index (χ1v) is 8.59. The number of benzene rings is 2. The van der Waals surface area contributed by atoms with Crippen LogP contribution in [-0.4, -0.2) is 13.5 Å². The van der Waals surface area contributed by atoms with Crippen LogP contribution in [0.5, 0.6) is 5.75 Å². The van der Waals surface area contributed by atoms with Gasteiger partial charge in [0.05, 0.1) is 0 Å². The van der Waals surface area contributed by atoms with Gasteiger partial charge in [0.25, 0.3) is 10.0 Å². The normalized spacial score (nSPS) is 11.6. The Bertz CT molecular complexity index is 827. The van der Waals surface area contributed by atoms with Gasteiger partial charge in [-0.05, 0) is 60.4 Å². The molecule has 120 valence electrons. The SMILES string of the molecule is C=CS(=O)(=O)Nc1ccc(C=Cc2cc(C)c(O)c(C)c2)cc1. The van der Waals surface area contributed by atoms with Crippen molar-refractivity contribution in [2.24, 2.45) is 0 Å². The molecule has 0 atom stereocenters. The molecule has 2 aromatic carbocycles. The van der Waals surface area contributed by atoms with Gasteiger partial charge in [-0.2, -0.15) is 0 Å². The predicted molar refractivity (Wildman–Crippen MR) is 95.7 cm³/mol. The number of anilines is 1. The fourth-order valence-electron chi connectivity index (χ4n) is 2.15. The van der Waals surface area contributed by atoms with Gasteiger partial charge in [-0.25, -0.2) is 8.42 Å². The Morgan fingerprint density at radius 1 is 1.00 bits per heavy atom. The maximum absolute atomic E-state index is 11.4. The monoisotopic (exact) mass is 329 g/mol. The lowest BCUT2D eigenvalue weighted by molar-refractivity contribution is 0.467. The number of aromatic hydroxyl groups is 1. The van der Waals surface area contributed by atoms with Crippen molar-refractivity contribution in [2.45, 2.75) is 13.8 Å². The van der Waals surface area contributed by atoms with Crippen molar-refractivity contribution in [3.8, 4) is 5.75 Å². The molecule has 0 radical (unpaired) electrons. The molecule has 0 aliphatic carbocycles. The van der Waals surface area contributed by atoms with Gasteiger partial charge in [0, 0.05) is 11.1 Å². The Labute approximate surface area is 136 Å². The summed E-state index contributed by atoms with van der Waals surface area (Å²) >= 11 is 0. The summed E-state index contributed by atoms with van der Waals surface area (Å²) in [5.74, 6) is 0.320. The van der Waals surface area contributed by atoms with E-state index in [-0.39, 0.29) is 0 Å². The second-order valence-corrected chi connectivity index (χ2v) is 6.90. The smallest absolute Gasteiger partial charge is 0.254 e. The van der Waals surface area contributed by atoms with Crippen LogP contribution in [0.3, 0.4) is 0 Å². The number of hydrogen-bond donors (Lipinski definition) is 2. The number of sulfonamides is 1. The molecule has 0 saturated heterocycles. The Balaban J connectivity index is 2.16. The molecule has 0 saturated carbocycles. The van der Waals surface area contributed by atoms with E-state index in [2.05, 4.69) is 11.3 Å². The van der Waals surface area contributed by atoms with E-state index < -0.39 is 10.0 Å². The molecule has 0 heterocycles. The fraction of sp³-hybridized carbons (Fsp3) is 0.111. The first-order valence-electron chi connectivity index (χ1n) is 7.04. The topological polar surface area (TPSA) is 66.4 Å². The van der Waals surface area contributed by atoms with Crippen LogP contribution in [-0.2, 0) is 10.0 Å². The van der Waals surface area contributed by atoms with Crippen molar-refractivity contribution in [2.75, 3.05) is 4.72 Å². The second-order valence-electron chi connectivity index (χ2n) is 5.27. The van der Waals surface area contributed by atoms with Crippen LogP contribution in [0.25, 0.3) is 12.2 Å². The summed E-state index contributed by atoms with van der Waals surface area (Å²) < 4.78 is 25.2. The van der Waals surface area contributed by atoms with Gasteiger partial charge in [0.15, 0.2) is 0 Å². The molecule has 2 aromatic rings. The lowest BCUT2D eigenvalue weighted by Crippen LogP contribution is -2.07. The number of phenols is 1. The van der Waals surface area contributed by atoms with E-state index >= 15 is 0 Å². The van der Waals surface area contributed by atoms with Crippen LogP contribution in [0.2, 0.25) is 0 Å². The van der Waals surface area contributed by atoms with Crippen LogP contribution in [0.4, 0.5) is 5.69 Å². The number of hydrogen-bond acceptors (Lipinski definition) is 3. The third-order valence-electron chi connectivity index (χ3n) is 3.37. The van der Waals surface area contributed by atoms with Crippen molar-refractivity contribution < 1.29 is 13.5 Å². The number of aryl methyl sites for hydroxylation is 2. The Kier molecular flexibility index (Phi) is 4.91. The quantitative estimate of drug-likeness (QED) is 0.813. The molecule has 0 amide bonds. The van der Waals surface area contributed by atoms with Crippen LogP contribution in [0.1, 0.15) is 22.3 Å². The van der Waals surface area contributed by atoms with Gasteiger partial charge in [-0.1, -0.05) is 30.9 Å². The van der Waals surface area contributed by atoms with Gasteiger partial charge < -0.3 is 5.11 Å². The highest BCUT2D eigenvalue weighted by atomic mass is 32.2. The van der Waals surface area contributed by atoms with E-state index in [0.717, 1.165) is 27.7 Å². The lowest BCUT2D eigenvalue weighted by atomic mass is 10.0. The van der Waals surface area contributed by atoms with Crippen LogP contribution in [0, 0.1) is 13.8 Å². The van der Waals surface area contributed by atoms with Gasteiger partial charge >= 0.3 is 0 Å². The fourth-order valence-corrected chi connectivity index (χ4v) is 2.69. The van der Waals surface area contributed by atoms with E-state index in [1.165, 1.54) is 0 Å². The highest BCUT2D eigenvalue weighted by molar-refractivity contribution is 7.95. The minimum Gasteiger partial charge on any atom is -0.507 e. The number of nitrogens with one attached hydrogen (secondary N) is 1. The van der Waals surface area contributed by atoms with E-state index in [9.17, 15) is 13.5 Å². The third kappa shape index (κ3) is 4.47. The first-order chi connectivity index (χ1) is 10.8. The predicted octanol–water partition coefficient (Wildman–Crippen LogP) is 4.06. The molecule has 0 aliphatic heterocycles. The Morgan fingerprint density at radius 2 is 1.52 bits per heavy atom. The van der Waals surface area contributed by atoms with Crippen molar-refractivity contribution in [3.05, 3.63) is 70.6 Å². The maximum Gasteiger partial charge on any atom is 0.254 e. The molecule has 5 heteroatoms. The van der Waals surface area contributed by atoms with Gasteiger partial charge in [-0.3, -0.25) is 4.72 Å². The van der Waals surface area contributed by atoms with Crippen molar-refractivity contribution in [1.82, 2.24) is 0 Å². The molecule has 2 N–H and O–H groups in total. The molecule has 23 heavy (non-hydrogen) atoms. The molecule has 0 aliphatic rings. The molecule has 0 unspecified atom stereocenters. The summed E-state index contributed by atoms with van der Waals surface area (Å²) in [5, 5.41) is 10.6. The maximum atomic E-state index is 11.4. The third-order valence-corrected chi connectivity index (χ3v) is 4.33. The molecule has 0 fully saturated rings. The van der Waals surface area contributed by atoms with E-state index in [1.807, 2.05) is 50.3 Å². The van der Waals surface area contributed by atoms with Crippen molar-refractivity contribution in [3.63, 3.8) is 0 Å². The summed E-state index contributed by atoms with van der Waals surface area (Å²) in [6, 6.07) is 10.8. The highest BCUT2D eigenvalue weighted by Crippen LogP contribution is 2.24. The lowest BCUT2D eigenvalue weighted by Gasteiger charge is -2.05. The molecule has 0 aromatic heterocycles. The highest BCUT2D eigenvalue weighted by Gasteiger charge is 2.04. The molecular weight excluding hydrogens is 310 g/mol. The molecular formula is C18H19NO3S. The first kappa shape index (κ1) is 16.8. The summed E-state index contributed by atoms with van der Waals surface area (Å²) in [6.45, 7) is 6.97. The summed E-state index contributed by atoms with van der Waals surface area (Å²) in [5.41, 5.74) is 4.08. The summed E-state index contributed by atoms with van der Waals surface area (Å²) in [6.07, 6.45) is 3.87. The molecule has 4 nitrogen and oxygen atoms in total. The van der Waals surface area contributed by atoms with E-state index in [1.54, 1.807) is 12.1 Å². The van der Waals surface area contributed by atoms with Crippen LogP contribution in [0.15, 0.2) is 48.4 Å². The van der Waals surface area contributed by atoms with Crippen LogP contribution < -0.4 is 4.72 Å². The van der Waals surface area contributed by atoms with E-state index in [4.69, 9.17) is 0 Å².